The van der Waals surface area contributed by atoms with Crippen LogP contribution < -0.4 is 11.1 Å². The van der Waals surface area contributed by atoms with Crippen LogP contribution in [0.1, 0.15) is 28.8 Å². The molecule has 1 fully saturated rings. The minimum Gasteiger partial charge on any atom is -0.349 e. The molecule has 1 heterocycles. The first-order valence-electron chi connectivity index (χ1n) is 6.58. The predicted molar refractivity (Wildman–Crippen MR) is 80.1 cm³/mol. The summed E-state index contributed by atoms with van der Waals surface area (Å²) in [6.45, 7) is 0.207. The van der Waals surface area contributed by atoms with Crippen molar-refractivity contribution >= 4 is 17.7 Å². The van der Waals surface area contributed by atoms with Crippen molar-refractivity contribution in [3.63, 3.8) is 0 Å². The third-order valence-corrected chi connectivity index (χ3v) is 4.16. The van der Waals surface area contributed by atoms with Crippen molar-refractivity contribution in [2.24, 2.45) is 5.73 Å². The van der Waals surface area contributed by atoms with Gasteiger partial charge < -0.3 is 11.1 Å². The van der Waals surface area contributed by atoms with Crippen LogP contribution >= 0.6 is 11.8 Å². The largest absolute Gasteiger partial charge is 0.349 e. The highest BCUT2D eigenvalue weighted by Gasteiger charge is 2.18. The van der Waals surface area contributed by atoms with Crippen LogP contribution in [0.4, 0.5) is 4.39 Å². The highest BCUT2D eigenvalue weighted by molar-refractivity contribution is 7.99. The zero-order valence-corrected chi connectivity index (χ0v) is 11.9. The van der Waals surface area contributed by atoms with Crippen LogP contribution in [0.5, 0.6) is 0 Å². The summed E-state index contributed by atoms with van der Waals surface area (Å²) in [6.07, 6.45) is 1.91. The van der Waals surface area contributed by atoms with E-state index in [9.17, 15) is 9.18 Å². The lowest BCUT2D eigenvalue weighted by atomic mass is 10.1. The fourth-order valence-corrected chi connectivity index (χ4v) is 3.17. The average Bonchev–Trinajstić information content (AvgIpc) is 2.47. The third-order valence-electron chi connectivity index (χ3n) is 3.11. The molecule has 1 saturated heterocycles. The molecule has 1 aliphatic heterocycles. The van der Waals surface area contributed by atoms with Gasteiger partial charge in [-0.05, 0) is 42.5 Å². The van der Waals surface area contributed by atoms with Gasteiger partial charge in [0.15, 0.2) is 0 Å². The van der Waals surface area contributed by atoms with Crippen molar-refractivity contribution in [3.8, 4) is 11.8 Å². The summed E-state index contributed by atoms with van der Waals surface area (Å²) in [6, 6.07) is 4.22. The van der Waals surface area contributed by atoms with E-state index in [1.807, 2.05) is 11.8 Å². The lowest BCUT2D eigenvalue weighted by Gasteiger charge is -2.22. The number of benzene rings is 1. The van der Waals surface area contributed by atoms with Gasteiger partial charge >= 0.3 is 0 Å². The number of hydrogen-bond donors (Lipinski definition) is 2. The first kappa shape index (κ1) is 14.9. The number of thioether (sulfide) groups is 1. The summed E-state index contributed by atoms with van der Waals surface area (Å²) >= 11 is 1.89. The molecule has 106 valence electrons. The molecule has 0 unspecified atom stereocenters. The van der Waals surface area contributed by atoms with E-state index in [4.69, 9.17) is 5.73 Å². The summed E-state index contributed by atoms with van der Waals surface area (Å²) in [5, 5.41) is 2.96. The number of amides is 1. The Bertz CT molecular complexity index is 545. The van der Waals surface area contributed by atoms with Gasteiger partial charge in [0.1, 0.15) is 5.82 Å². The molecule has 0 radical (unpaired) electrons. The summed E-state index contributed by atoms with van der Waals surface area (Å²) in [7, 11) is 0. The Labute approximate surface area is 122 Å². The molecule has 3 N–H and O–H groups in total. The molecule has 1 amide bonds. The lowest BCUT2D eigenvalue weighted by Crippen LogP contribution is -2.37. The Morgan fingerprint density at radius 3 is 2.90 bits per heavy atom. The topological polar surface area (TPSA) is 55.1 Å². The summed E-state index contributed by atoms with van der Waals surface area (Å²) in [5.41, 5.74) is 6.13. The number of hydrogen-bond acceptors (Lipinski definition) is 3. The minimum atomic E-state index is -0.437. The number of rotatable bonds is 2. The fraction of sp³-hybridized carbons (Fsp3) is 0.400. The Morgan fingerprint density at radius 1 is 1.45 bits per heavy atom. The van der Waals surface area contributed by atoms with Gasteiger partial charge in [0.25, 0.3) is 5.91 Å². The Balaban J connectivity index is 2.16. The average molecular weight is 292 g/mol. The van der Waals surface area contributed by atoms with Gasteiger partial charge in [-0.1, -0.05) is 11.8 Å². The molecular weight excluding hydrogens is 275 g/mol. The highest BCUT2D eigenvalue weighted by atomic mass is 32.2. The van der Waals surface area contributed by atoms with Gasteiger partial charge in [0.05, 0.1) is 12.1 Å². The van der Waals surface area contributed by atoms with E-state index in [0.29, 0.717) is 5.56 Å². The van der Waals surface area contributed by atoms with E-state index in [-0.39, 0.29) is 24.1 Å². The van der Waals surface area contributed by atoms with Crippen molar-refractivity contribution in [1.82, 2.24) is 5.32 Å². The van der Waals surface area contributed by atoms with Crippen LogP contribution in [-0.2, 0) is 0 Å². The van der Waals surface area contributed by atoms with Crippen molar-refractivity contribution in [1.29, 1.82) is 0 Å². The molecule has 20 heavy (non-hydrogen) atoms. The molecule has 0 bridgehead atoms. The van der Waals surface area contributed by atoms with Crippen LogP contribution in [0.15, 0.2) is 18.2 Å². The van der Waals surface area contributed by atoms with Gasteiger partial charge in [-0.15, -0.1) is 0 Å². The molecule has 0 spiro atoms. The van der Waals surface area contributed by atoms with Crippen molar-refractivity contribution in [3.05, 3.63) is 35.1 Å². The Morgan fingerprint density at radius 2 is 2.20 bits per heavy atom. The first-order valence-corrected chi connectivity index (χ1v) is 7.73. The maximum atomic E-state index is 13.4. The molecule has 0 aromatic heterocycles. The normalized spacial score (nSPS) is 15.3. The molecule has 1 aromatic carbocycles. The van der Waals surface area contributed by atoms with Crippen molar-refractivity contribution < 1.29 is 9.18 Å². The smallest absolute Gasteiger partial charge is 0.252 e. The first-order chi connectivity index (χ1) is 9.70. The molecule has 3 nitrogen and oxygen atoms in total. The number of nitrogens with two attached hydrogens (primary N) is 1. The number of carbonyl (C=O) groups excluding carboxylic acids is 1. The van der Waals surface area contributed by atoms with E-state index < -0.39 is 5.82 Å². The zero-order valence-electron chi connectivity index (χ0n) is 11.1. The van der Waals surface area contributed by atoms with Gasteiger partial charge in [-0.2, -0.15) is 11.8 Å². The second kappa shape index (κ2) is 7.32. The molecule has 2 rings (SSSR count). The number of halogens is 1. The number of nitrogens with one attached hydrogen (secondary N) is 1. The van der Waals surface area contributed by atoms with Crippen molar-refractivity contribution in [2.45, 2.75) is 18.9 Å². The van der Waals surface area contributed by atoms with E-state index >= 15 is 0 Å². The summed E-state index contributed by atoms with van der Waals surface area (Å²) in [5.74, 6) is 6.91. The molecule has 0 aliphatic carbocycles. The Hall–Kier alpha value is -1.51. The maximum Gasteiger partial charge on any atom is 0.252 e. The van der Waals surface area contributed by atoms with Crippen LogP contribution in [-0.4, -0.2) is 30.0 Å². The Kier molecular flexibility index (Phi) is 5.45. The summed E-state index contributed by atoms with van der Waals surface area (Å²) < 4.78 is 13.4. The lowest BCUT2D eigenvalue weighted by molar-refractivity contribution is 0.0934. The van der Waals surface area contributed by atoms with Crippen LogP contribution in [0.25, 0.3) is 0 Å². The monoisotopic (exact) mass is 292 g/mol. The van der Waals surface area contributed by atoms with Gasteiger partial charge in [0, 0.05) is 11.6 Å². The maximum absolute atomic E-state index is 13.4. The van der Waals surface area contributed by atoms with Crippen LogP contribution in [0.2, 0.25) is 0 Å². The highest BCUT2D eigenvalue weighted by Crippen LogP contribution is 2.18. The van der Waals surface area contributed by atoms with Gasteiger partial charge in [0.2, 0.25) is 0 Å². The molecule has 0 atom stereocenters. The van der Waals surface area contributed by atoms with Crippen LogP contribution in [0.3, 0.4) is 0 Å². The quantitative estimate of drug-likeness (QED) is 0.817. The molecule has 0 saturated carbocycles. The number of carbonyl (C=O) groups is 1. The zero-order chi connectivity index (χ0) is 14.4. The van der Waals surface area contributed by atoms with Crippen LogP contribution in [0, 0.1) is 17.7 Å². The second-order valence-electron chi connectivity index (χ2n) is 4.56. The van der Waals surface area contributed by atoms with E-state index in [2.05, 4.69) is 17.2 Å². The SMILES string of the molecule is NCC#Cc1ccc(F)cc1C(=O)NC1CCSCC1. The van der Waals surface area contributed by atoms with Gasteiger partial charge in [-0.3, -0.25) is 4.79 Å². The fourth-order valence-electron chi connectivity index (χ4n) is 2.06. The van der Waals surface area contributed by atoms with E-state index in [1.165, 1.54) is 18.2 Å². The molecular formula is C15H17FN2OS. The third kappa shape index (κ3) is 3.99. The molecule has 1 aromatic rings. The van der Waals surface area contributed by atoms with Crippen molar-refractivity contribution in [2.75, 3.05) is 18.1 Å². The minimum absolute atomic E-state index is 0.169. The second-order valence-corrected chi connectivity index (χ2v) is 5.78. The van der Waals surface area contributed by atoms with E-state index in [0.717, 1.165) is 24.3 Å². The molecule has 5 heteroatoms. The molecule has 1 aliphatic rings. The predicted octanol–water partition coefficient (Wildman–Crippen LogP) is 1.76. The van der Waals surface area contributed by atoms with Gasteiger partial charge in [-0.25, -0.2) is 4.39 Å². The summed E-state index contributed by atoms with van der Waals surface area (Å²) in [4.78, 5) is 12.3. The van der Waals surface area contributed by atoms with E-state index in [1.54, 1.807) is 0 Å². The standard InChI is InChI=1S/C15H17FN2OS/c16-12-4-3-11(2-1-7-17)14(10-12)15(19)18-13-5-8-20-9-6-13/h3-4,10,13H,5-9,17H2,(H,18,19).